The van der Waals surface area contributed by atoms with Crippen molar-refractivity contribution < 1.29 is 9.59 Å². The van der Waals surface area contributed by atoms with Crippen LogP contribution in [0.3, 0.4) is 0 Å². The Bertz CT molecular complexity index is 1670. The van der Waals surface area contributed by atoms with Crippen molar-refractivity contribution in [2.75, 3.05) is 10.6 Å². The Kier molecular flexibility index (Phi) is 7.55. The van der Waals surface area contributed by atoms with E-state index in [-0.39, 0.29) is 11.8 Å². The molecule has 0 saturated heterocycles. The van der Waals surface area contributed by atoms with Crippen molar-refractivity contribution in [3.8, 4) is 17.2 Å². The van der Waals surface area contributed by atoms with E-state index >= 15 is 0 Å². The summed E-state index contributed by atoms with van der Waals surface area (Å²) in [7, 11) is 0. The first kappa shape index (κ1) is 25.3. The molecule has 1 heterocycles. The largest absolute Gasteiger partial charge is 0.322 e. The molecule has 0 spiro atoms. The van der Waals surface area contributed by atoms with Crippen LogP contribution in [-0.2, 0) is 4.79 Å². The number of benzene rings is 4. The number of thiophene rings is 1. The minimum absolute atomic E-state index is 0.195. The van der Waals surface area contributed by atoms with Crippen LogP contribution in [-0.4, -0.2) is 17.1 Å². The molecule has 186 valence electrons. The predicted octanol–water partition coefficient (Wildman–Crippen LogP) is 7.81. The fourth-order valence-electron chi connectivity index (χ4n) is 4.04. The van der Waals surface area contributed by atoms with Gasteiger partial charge in [0.2, 0.25) is 5.91 Å². The van der Waals surface area contributed by atoms with Crippen molar-refractivity contribution in [1.82, 2.24) is 0 Å². The molecule has 1 aromatic heterocycles. The van der Waals surface area contributed by atoms with Crippen LogP contribution in [0.15, 0.2) is 107 Å². The van der Waals surface area contributed by atoms with Crippen LogP contribution in [0.2, 0.25) is 0 Å². The van der Waals surface area contributed by atoms with Crippen LogP contribution in [0.25, 0.3) is 21.9 Å². The molecule has 1 atom stereocenters. The first-order valence-corrected chi connectivity index (χ1v) is 13.7. The number of hydrogen-bond donors (Lipinski definition) is 2. The summed E-state index contributed by atoms with van der Waals surface area (Å²) in [5.41, 5.74) is 3.44. The maximum Gasteiger partial charge on any atom is 0.255 e. The Morgan fingerprint density at radius 3 is 2.42 bits per heavy atom. The number of hydrogen-bond acceptors (Lipinski definition) is 5. The van der Waals surface area contributed by atoms with Gasteiger partial charge >= 0.3 is 0 Å². The highest BCUT2D eigenvalue weighted by molar-refractivity contribution is 8.00. The number of carbonyl (C=O) groups excluding carboxylic acids is 2. The fourth-order valence-corrected chi connectivity index (χ4v) is 5.89. The molecule has 5 rings (SSSR count). The molecule has 0 bridgehead atoms. The van der Waals surface area contributed by atoms with E-state index in [0.29, 0.717) is 21.8 Å². The second-order valence-electron chi connectivity index (χ2n) is 8.62. The third-order valence-corrected chi connectivity index (χ3v) is 8.00. The molecule has 1 unspecified atom stereocenters. The predicted molar refractivity (Wildman–Crippen MR) is 157 cm³/mol. The van der Waals surface area contributed by atoms with E-state index in [2.05, 4.69) is 16.7 Å². The van der Waals surface area contributed by atoms with E-state index in [1.807, 2.05) is 109 Å². The SMILES string of the molecule is CC(Sc1cccc(NC(=O)c2ccc3ccccc3c2)c1)C(=O)Nc1scc(-c2ccccc2)c1C#N. The van der Waals surface area contributed by atoms with Crippen LogP contribution in [0, 0.1) is 11.3 Å². The quantitative estimate of drug-likeness (QED) is 0.209. The smallest absolute Gasteiger partial charge is 0.255 e. The summed E-state index contributed by atoms with van der Waals surface area (Å²) in [4.78, 5) is 26.7. The monoisotopic (exact) mass is 533 g/mol. The first-order chi connectivity index (χ1) is 18.5. The summed E-state index contributed by atoms with van der Waals surface area (Å²) < 4.78 is 0. The number of anilines is 2. The van der Waals surface area contributed by atoms with Gasteiger partial charge in [-0.3, -0.25) is 9.59 Å². The van der Waals surface area contributed by atoms with Crippen molar-refractivity contribution in [2.45, 2.75) is 17.1 Å². The lowest BCUT2D eigenvalue weighted by Crippen LogP contribution is -2.22. The minimum Gasteiger partial charge on any atom is -0.322 e. The molecular formula is C31H23N3O2S2. The molecule has 2 amide bonds. The second kappa shape index (κ2) is 11.3. The van der Waals surface area contributed by atoms with Crippen LogP contribution < -0.4 is 10.6 Å². The van der Waals surface area contributed by atoms with Gasteiger partial charge in [-0.2, -0.15) is 5.26 Å². The summed E-state index contributed by atoms with van der Waals surface area (Å²) in [5, 5.41) is 19.7. The van der Waals surface area contributed by atoms with Crippen LogP contribution >= 0.6 is 23.1 Å². The van der Waals surface area contributed by atoms with Gasteiger partial charge in [0.25, 0.3) is 5.91 Å². The van der Waals surface area contributed by atoms with Crippen molar-refractivity contribution in [1.29, 1.82) is 5.26 Å². The Morgan fingerprint density at radius 1 is 0.868 bits per heavy atom. The summed E-state index contributed by atoms with van der Waals surface area (Å²) in [6.45, 7) is 1.82. The van der Waals surface area contributed by atoms with Crippen molar-refractivity contribution in [2.24, 2.45) is 0 Å². The zero-order chi connectivity index (χ0) is 26.5. The molecule has 0 fully saturated rings. The fraction of sp³-hybridized carbons (Fsp3) is 0.0645. The normalized spacial score (nSPS) is 11.5. The van der Waals surface area contributed by atoms with Gasteiger partial charge in [-0.15, -0.1) is 23.1 Å². The molecule has 38 heavy (non-hydrogen) atoms. The van der Waals surface area contributed by atoms with Gasteiger partial charge in [0, 0.05) is 27.1 Å². The highest BCUT2D eigenvalue weighted by atomic mass is 32.2. The molecule has 0 aliphatic heterocycles. The van der Waals surface area contributed by atoms with E-state index in [9.17, 15) is 14.9 Å². The lowest BCUT2D eigenvalue weighted by atomic mass is 10.1. The Morgan fingerprint density at radius 2 is 1.63 bits per heavy atom. The second-order valence-corrected chi connectivity index (χ2v) is 10.9. The molecule has 0 saturated carbocycles. The molecule has 5 aromatic rings. The van der Waals surface area contributed by atoms with Crippen molar-refractivity contribution >= 4 is 56.4 Å². The number of amides is 2. The van der Waals surface area contributed by atoms with Crippen LogP contribution in [0.1, 0.15) is 22.8 Å². The van der Waals surface area contributed by atoms with Gasteiger partial charge in [0.1, 0.15) is 11.1 Å². The number of rotatable bonds is 7. The average molecular weight is 534 g/mol. The maximum atomic E-state index is 13.0. The molecule has 0 radical (unpaired) electrons. The van der Waals surface area contributed by atoms with Gasteiger partial charge in [-0.1, -0.05) is 66.7 Å². The van der Waals surface area contributed by atoms with Crippen LogP contribution in [0.4, 0.5) is 10.7 Å². The van der Waals surface area contributed by atoms with Gasteiger partial charge in [0.15, 0.2) is 0 Å². The number of fused-ring (bicyclic) bond motifs is 1. The summed E-state index contributed by atoms with van der Waals surface area (Å²) in [6.07, 6.45) is 0. The summed E-state index contributed by atoms with van der Waals surface area (Å²) in [5.74, 6) is -0.391. The van der Waals surface area contributed by atoms with Crippen molar-refractivity contribution in [3.05, 3.63) is 114 Å². The van der Waals surface area contributed by atoms with Gasteiger partial charge in [0.05, 0.1) is 10.8 Å². The lowest BCUT2D eigenvalue weighted by Gasteiger charge is -2.13. The van der Waals surface area contributed by atoms with E-state index in [0.717, 1.165) is 26.8 Å². The topological polar surface area (TPSA) is 82.0 Å². The number of nitrogens with one attached hydrogen (secondary N) is 2. The third kappa shape index (κ3) is 5.62. The van der Waals surface area contributed by atoms with E-state index in [1.165, 1.54) is 23.1 Å². The van der Waals surface area contributed by atoms with Crippen LogP contribution in [0.5, 0.6) is 0 Å². The molecule has 5 nitrogen and oxygen atoms in total. The summed E-state index contributed by atoms with van der Waals surface area (Å²) in [6, 6.07) is 32.8. The van der Waals surface area contributed by atoms with Gasteiger partial charge < -0.3 is 10.6 Å². The number of nitriles is 1. The molecular weight excluding hydrogens is 510 g/mol. The highest BCUT2D eigenvalue weighted by Gasteiger charge is 2.20. The van der Waals surface area contributed by atoms with Gasteiger partial charge in [-0.05, 0) is 53.6 Å². The number of thioether (sulfide) groups is 1. The summed E-state index contributed by atoms with van der Waals surface area (Å²) >= 11 is 2.73. The Hall–Kier alpha value is -4.38. The van der Waals surface area contributed by atoms with Gasteiger partial charge in [-0.25, -0.2) is 0 Å². The minimum atomic E-state index is -0.421. The third-order valence-electron chi connectivity index (χ3n) is 6.01. The zero-order valence-corrected chi connectivity index (χ0v) is 22.1. The van der Waals surface area contributed by atoms with E-state index < -0.39 is 5.25 Å². The van der Waals surface area contributed by atoms with E-state index in [4.69, 9.17) is 0 Å². The zero-order valence-electron chi connectivity index (χ0n) is 20.5. The number of carbonyl (C=O) groups is 2. The Balaban J connectivity index is 1.24. The van der Waals surface area contributed by atoms with E-state index in [1.54, 1.807) is 0 Å². The standard InChI is InChI=1S/C31H23N3O2S2/c1-20(29(35)34-31-27(18-32)28(19-37-31)22-9-3-2-4-10-22)38-26-13-7-12-25(17-26)33-30(36)24-15-14-21-8-5-6-11-23(21)16-24/h2-17,19-20H,1H3,(H,33,36)(H,34,35). The molecule has 4 aromatic carbocycles. The molecule has 0 aliphatic carbocycles. The molecule has 2 N–H and O–H groups in total. The molecule has 7 heteroatoms. The number of nitrogens with zero attached hydrogens (tertiary/aromatic N) is 1. The average Bonchev–Trinajstić information content (AvgIpc) is 3.35. The van der Waals surface area contributed by atoms with Crippen molar-refractivity contribution in [3.63, 3.8) is 0 Å². The Labute approximate surface area is 229 Å². The highest BCUT2D eigenvalue weighted by Crippen LogP contribution is 2.35. The maximum absolute atomic E-state index is 13.0. The lowest BCUT2D eigenvalue weighted by molar-refractivity contribution is -0.115. The first-order valence-electron chi connectivity index (χ1n) is 12.0. The molecule has 0 aliphatic rings.